The molecular formula is C14H24N4OS. The molecule has 1 aromatic heterocycles. The molecule has 0 aliphatic rings. The molecule has 1 heterocycles. The van der Waals surface area contributed by atoms with E-state index in [4.69, 9.17) is 5.73 Å². The molecule has 0 spiro atoms. The van der Waals surface area contributed by atoms with Gasteiger partial charge in [-0.2, -0.15) is 0 Å². The molecule has 5 nitrogen and oxygen atoms in total. The lowest BCUT2D eigenvalue weighted by Gasteiger charge is -2.07. The van der Waals surface area contributed by atoms with Gasteiger partial charge < -0.3 is 16.4 Å². The first-order valence-electron chi connectivity index (χ1n) is 6.95. The number of hydrogen-bond donors (Lipinski definition) is 3. The zero-order chi connectivity index (χ0) is 14.8. The Labute approximate surface area is 124 Å². The molecule has 0 aromatic carbocycles. The van der Waals surface area contributed by atoms with E-state index >= 15 is 0 Å². The number of carbonyl (C=O) groups excluding carboxylic acids is 1. The van der Waals surface area contributed by atoms with Crippen LogP contribution in [0.3, 0.4) is 0 Å². The smallest absolute Gasteiger partial charge is 0.261 e. The molecule has 0 bridgehead atoms. The van der Waals surface area contributed by atoms with Crippen molar-refractivity contribution in [1.29, 1.82) is 0 Å². The van der Waals surface area contributed by atoms with Gasteiger partial charge in [0.1, 0.15) is 0 Å². The van der Waals surface area contributed by atoms with Crippen molar-refractivity contribution < 1.29 is 4.79 Å². The Morgan fingerprint density at radius 1 is 1.40 bits per heavy atom. The van der Waals surface area contributed by atoms with Crippen LogP contribution in [0, 0.1) is 5.92 Å². The second-order valence-corrected chi connectivity index (χ2v) is 5.91. The Hall–Kier alpha value is -1.56. The van der Waals surface area contributed by atoms with Crippen LogP contribution < -0.4 is 16.4 Å². The highest BCUT2D eigenvalue weighted by Gasteiger charge is 2.04. The lowest BCUT2D eigenvalue weighted by molar-refractivity contribution is 0.0957. The van der Waals surface area contributed by atoms with Crippen LogP contribution in [0.4, 0.5) is 0 Å². The van der Waals surface area contributed by atoms with Gasteiger partial charge in [-0.05, 0) is 30.2 Å². The Bertz CT molecular complexity index is 415. The van der Waals surface area contributed by atoms with Gasteiger partial charge in [-0.15, -0.1) is 11.3 Å². The molecule has 0 aliphatic heterocycles. The molecular weight excluding hydrogens is 272 g/mol. The van der Waals surface area contributed by atoms with Crippen LogP contribution >= 0.6 is 11.3 Å². The number of aliphatic imine (C=N–C) groups is 1. The van der Waals surface area contributed by atoms with Gasteiger partial charge in [-0.1, -0.05) is 19.9 Å². The van der Waals surface area contributed by atoms with Gasteiger partial charge in [0.2, 0.25) is 0 Å². The molecule has 0 saturated carbocycles. The number of nitrogens with zero attached hydrogens (tertiary/aromatic N) is 1. The number of hydrogen-bond acceptors (Lipinski definition) is 3. The third-order valence-electron chi connectivity index (χ3n) is 2.68. The lowest BCUT2D eigenvalue weighted by atomic mass is 10.1. The zero-order valence-electron chi connectivity index (χ0n) is 12.2. The molecule has 0 atom stereocenters. The van der Waals surface area contributed by atoms with E-state index in [0.29, 0.717) is 25.0 Å². The summed E-state index contributed by atoms with van der Waals surface area (Å²) in [6, 6.07) is 3.68. The summed E-state index contributed by atoms with van der Waals surface area (Å²) in [6.07, 6.45) is 1.86. The largest absolute Gasteiger partial charge is 0.370 e. The van der Waals surface area contributed by atoms with Gasteiger partial charge in [0.05, 0.1) is 4.88 Å². The number of guanidine groups is 1. The summed E-state index contributed by atoms with van der Waals surface area (Å²) in [4.78, 5) is 16.6. The topological polar surface area (TPSA) is 79.5 Å². The van der Waals surface area contributed by atoms with Gasteiger partial charge in [-0.25, -0.2) is 0 Å². The first kappa shape index (κ1) is 16.5. The summed E-state index contributed by atoms with van der Waals surface area (Å²) < 4.78 is 0. The van der Waals surface area contributed by atoms with Gasteiger partial charge in [0, 0.05) is 19.6 Å². The van der Waals surface area contributed by atoms with Crippen LogP contribution in [0.5, 0.6) is 0 Å². The van der Waals surface area contributed by atoms with Crippen molar-refractivity contribution in [2.45, 2.75) is 26.7 Å². The molecule has 1 rings (SSSR count). The lowest BCUT2D eigenvalue weighted by Crippen LogP contribution is -2.33. The minimum atomic E-state index is -0.0213. The molecule has 0 radical (unpaired) electrons. The number of thiophene rings is 1. The summed E-state index contributed by atoms with van der Waals surface area (Å²) >= 11 is 1.44. The average molecular weight is 296 g/mol. The highest BCUT2D eigenvalue weighted by Crippen LogP contribution is 2.07. The number of rotatable bonds is 8. The Morgan fingerprint density at radius 2 is 2.20 bits per heavy atom. The first-order chi connectivity index (χ1) is 9.59. The molecule has 112 valence electrons. The third-order valence-corrected chi connectivity index (χ3v) is 3.54. The fourth-order valence-electron chi connectivity index (χ4n) is 1.52. The molecule has 1 amide bonds. The SMILES string of the molecule is CC(C)CCNC(N)=NCCCNC(=O)c1cccs1. The molecule has 1 aromatic rings. The summed E-state index contributed by atoms with van der Waals surface area (Å²) in [5.41, 5.74) is 5.73. The van der Waals surface area contributed by atoms with Crippen molar-refractivity contribution in [2.24, 2.45) is 16.6 Å². The van der Waals surface area contributed by atoms with Gasteiger partial charge in [-0.3, -0.25) is 9.79 Å². The van der Waals surface area contributed by atoms with E-state index in [2.05, 4.69) is 29.5 Å². The maximum Gasteiger partial charge on any atom is 0.261 e. The van der Waals surface area contributed by atoms with Gasteiger partial charge in [0.25, 0.3) is 5.91 Å². The predicted octanol–water partition coefficient (Wildman–Crippen LogP) is 1.82. The summed E-state index contributed by atoms with van der Waals surface area (Å²) in [5.74, 6) is 1.12. The van der Waals surface area contributed by atoms with Crippen molar-refractivity contribution >= 4 is 23.2 Å². The second kappa shape index (κ2) is 9.36. The third kappa shape index (κ3) is 7.13. The number of nitrogens with two attached hydrogens (primary N) is 1. The molecule has 20 heavy (non-hydrogen) atoms. The van der Waals surface area contributed by atoms with E-state index in [1.165, 1.54) is 11.3 Å². The van der Waals surface area contributed by atoms with E-state index < -0.39 is 0 Å². The number of amides is 1. The number of nitrogens with one attached hydrogen (secondary N) is 2. The van der Waals surface area contributed by atoms with Gasteiger partial charge in [0.15, 0.2) is 5.96 Å². The van der Waals surface area contributed by atoms with Crippen molar-refractivity contribution in [1.82, 2.24) is 10.6 Å². The van der Waals surface area contributed by atoms with E-state index in [1.807, 2.05) is 17.5 Å². The van der Waals surface area contributed by atoms with E-state index in [-0.39, 0.29) is 5.91 Å². The minimum absolute atomic E-state index is 0.0213. The zero-order valence-corrected chi connectivity index (χ0v) is 13.0. The van der Waals surface area contributed by atoms with Crippen LogP contribution in [0.2, 0.25) is 0 Å². The second-order valence-electron chi connectivity index (χ2n) is 4.96. The van der Waals surface area contributed by atoms with Crippen LogP contribution in [0.25, 0.3) is 0 Å². The van der Waals surface area contributed by atoms with Crippen LogP contribution in [0.15, 0.2) is 22.5 Å². The maximum absolute atomic E-state index is 11.6. The molecule has 4 N–H and O–H groups in total. The fourth-order valence-corrected chi connectivity index (χ4v) is 2.16. The fraction of sp³-hybridized carbons (Fsp3) is 0.571. The maximum atomic E-state index is 11.6. The Kier molecular flexibility index (Phi) is 7.72. The van der Waals surface area contributed by atoms with E-state index in [1.54, 1.807) is 0 Å². The molecule has 6 heteroatoms. The van der Waals surface area contributed by atoms with Crippen LogP contribution in [-0.2, 0) is 0 Å². The van der Waals surface area contributed by atoms with Crippen molar-refractivity contribution in [2.75, 3.05) is 19.6 Å². The summed E-state index contributed by atoms with van der Waals surface area (Å²) in [7, 11) is 0. The van der Waals surface area contributed by atoms with Crippen molar-refractivity contribution in [3.05, 3.63) is 22.4 Å². The van der Waals surface area contributed by atoms with Crippen LogP contribution in [0.1, 0.15) is 36.4 Å². The predicted molar refractivity (Wildman–Crippen MR) is 85.2 cm³/mol. The monoisotopic (exact) mass is 296 g/mol. The van der Waals surface area contributed by atoms with Crippen molar-refractivity contribution in [3.63, 3.8) is 0 Å². The minimum Gasteiger partial charge on any atom is -0.370 e. The Morgan fingerprint density at radius 3 is 2.85 bits per heavy atom. The van der Waals surface area contributed by atoms with Crippen molar-refractivity contribution in [3.8, 4) is 0 Å². The standard InChI is InChI=1S/C14H24N4OS/c1-11(2)6-9-18-14(15)17-8-4-7-16-13(19)12-5-3-10-20-12/h3,5,10-11H,4,6-9H2,1-2H3,(H,16,19)(H3,15,17,18). The highest BCUT2D eigenvalue weighted by atomic mass is 32.1. The highest BCUT2D eigenvalue weighted by molar-refractivity contribution is 7.12. The quantitative estimate of drug-likeness (QED) is 0.389. The number of carbonyl (C=O) groups is 1. The first-order valence-corrected chi connectivity index (χ1v) is 7.83. The Balaban J connectivity index is 2.07. The van der Waals surface area contributed by atoms with Crippen LogP contribution in [-0.4, -0.2) is 31.5 Å². The molecule has 0 saturated heterocycles. The molecule has 0 unspecified atom stereocenters. The summed E-state index contributed by atoms with van der Waals surface area (Å²) in [6.45, 7) is 6.42. The van der Waals surface area contributed by atoms with Gasteiger partial charge >= 0.3 is 0 Å². The van der Waals surface area contributed by atoms with E-state index in [9.17, 15) is 4.79 Å². The molecule has 0 aliphatic carbocycles. The average Bonchev–Trinajstić information content (AvgIpc) is 2.91. The normalized spacial score (nSPS) is 11.7. The van der Waals surface area contributed by atoms with E-state index in [0.717, 1.165) is 24.3 Å². The summed E-state index contributed by atoms with van der Waals surface area (Å²) in [5, 5.41) is 7.83. The molecule has 0 fully saturated rings.